The maximum atomic E-state index is 6.02. The predicted molar refractivity (Wildman–Crippen MR) is 76.1 cm³/mol. The van der Waals surface area contributed by atoms with E-state index in [-0.39, 0.29) is 6.10 Å². The summed E-state index contributed by atoms with van der Waals surface area (Å²) in [4.78, 5) is 2.23. The van der Waals surface area contributed by atoms with Crippen LogP contribution in [0.2, 0.25) is 0 Å². The van der Waals surface area contributed by atoms with Crippen molar-refractivity contribution in [1.82, 2.24) is 13.6 Å². The van der Waals surface area contributed by atoms with E-state index in [2.05, 4.69) is 34.7 Å². The molecule has 1 heterocycles. The van der Waals surface area contributed by atoms with Gasteiger partial charge in [0.1, 0.15) is 6.10 Å². The number of rotatable bonds is 7. The van der Waals surface area contributed by atoms with E-state index in [0.717, 1.165) is 31.0 Å². The molecule has 0 saturated heterocycles. The number of hydrogen-bond acceptors (Lipinski definition) is 6. The topological polar surface area (TPSA) is 47.5 Å². The summed E-state index contributed by atoms with van der Waals surface area (Å²) in [6, 6.07) is 0.463. The second-order valence-corrected chi connectivity index (χ2v) is 5.72. The molecule has 0 radical (unpaired) electrons. The Morgan fingerprint density at radius 3 is 2.79 bits per heavy atom. The third-order valence-corrected chi connectivity index (χ3v) is 4.01. The van der Waals surface area contributed by atoms with E-state index in [0.29, 0.717) is 24.4 Å². The first-order valence-electron chi connectivity index (χ1n) is 7.00. The van der Waals surface area contributed by atoms with Gasteiger partial charge in [-0.1, -0.05) is 13.3 Å². The molecule has 0 N–H and O–H groups in total. The molecule has 1 saturated carbocycles. The van der Waals surface area contributed by atoms with Gasteiger partial charge in [0.15, 0.2) is 0 Å². The first-order valence-corrected chi connectivity index (χ1v) is 7.73. The molecule has 1 aliphatic rings. The van der Waals surface area contributed by atoms with Gasteiger partial charge in [0.05, 0.1) is 18.3 Å². The highest BCUT2D eigenvalue weighted by molar-refractivity contribution is 6.99. The number of aromatic nitrogens is 2. The minimum absolute atomic E-state index is 0.201. The van der Waals surface area contributed by atoms with E-state index in [1.165, 1.54) is 12.8 Å². The molecular weight excluding hydrogens is 262 g/mol. The van der Waals surface area contributed by atoms with Gasteiger partial charge in [-0.3, -0.25) is 0 Å². The molecule has 5 nitrogen and oxygen atoms in total. The van der Waals surface area contributed by atoms with E-state index in [4.69, 9.17) is 9.47 Å². The van der Waals surface area contributed by atoms with Crippen LogP contribution >= 0.6 is 11.7 Å². The fourth-order valence-corrected chi connectivity index (χ4v) is 2.86. The van der Waals surface area contributed by atoms with Crippen LogP contribution < -0.4 is 9.47 Å². The van der Waals surface area contributed by atoms with Crippen LogP contribution in [0.25, 0.3) is 0 Å². The quantitative estimate of drug-likeness (QED) is 0.721. The van der Waals surface area contributed by atoms with E-state index < -0.39 is 0 Å². The summed E-state index contributed by atoms with van der Waals surface area (Å²) in [5, 5.41) is 0. The lowest BCUT2D eigenvalue weighted by Gasteiger charge is -2.25. The number of hydrogen-bond donors (Lipinski definition) is 0. The Labute approximate surface area is 119 Å². The van der Waals surface area contributed by atoms with Gasteiger partial charge >= 0.3 is 0 Å². The molecule has 0 aliphatic heterocycles. The highest BCUT2D eigenvalue weighted by atomic mass is 32.1. The van der Waals surface area contributed by atoms with Crippen molar-refractivity contribution in [2.45, 2.75) is 51.2 Å². The Balaban J connectivity index is 1.93. The van der Waals surface area contributed by atoms with Gasteiger partial charge in [-0.25, -0.2) is 0 Å². The maximum absolute atomic E-state index is 6.02. The van der Waals surface area contributed by atoms with Gasteiger partial charge in [0.2, 0.25) is 0 Å². The summed E-state index contributed by atoms with van der Waals surface area (Å²) in [6.07, 6.45) is 5.81. The molecule has 0 bridgehead atoms. The van der Waals surface area contributed by atoms with Crippen molar-refractivity contribution in [3.05, 3.63) is 0 Å². The van der Waals surface area contributed by atoms with E-state index >= 15 is 0 Å². The molecule has 1 aromatic rings. The van der Waals surface area contributed by atoms with Gasteiger partial charge in [-0.15, -0.1) is 8.75 Å². The van der Waals surface area contributed by atoms with Gasteiger partial charge < -0.3 is 14.4 Å². The van der Waals surface area contributed by atoms with Gasteiger partial charge in [0, 0.05) is 6.04 Å². The predicted octanol–water partition coefficient (Wildman–Crippen LogP) is 2.58. The summed E-state index contributed by atoms with van der Waals surface area (Å²) in [7, 11) is 4.20. The van der Waals surface area contributed by atoms with E-state index in [1.54, 1.807) is 0 Å². The standard InChI is InChI=1S/C13H23N3O2S/c1-4-5-9-17-12-13(15-19-14-12)18-11-8-6-7-10(11)16(2)3/h10-11H,4-9H2,1-3H3/t10-,11-/m1/s1. The number of nitrogens with zero attached hydrogens (tertiary/aromatic N) is 3. The largest absolute Gasteiger partial charge is 0.473 e. The van der Waals surface area contributed by atoms with Crippen molar-refractivity contribution < 1.29 is 9.47 Å². The summed E-state index contributed by atoms with van der Waals surface area (Å²) in [5.41, 5.74) is 0. The lowest BCUT2D eigenvalue weighted by molar-refractivity contribution is 0.112. The van der Waals surface area contributed by atoms with Crippen molar-refractivity contribution in [2.75, 3.05) is 20.7 Å². The van der Waals surface area contributed by atoms with Crippen molar-refractivity contribution in [3.63, 3.8) is 0 Å². The smallest absolute Gasteiger partial charge is 0.291 e. The summed E-state index contributed by atoms with van der Waals surface area (Å²) >= 11 is 1.15. The molecule has 1 aliphatic carbocycles. The zero-order valence-electron chi connectivity index (χ0n) is 12.0. The normalized spacial score (nSPS) is 22.9. The molecule has 19 heavy (non-hydrogen) atoms. The highest BCUT2D eigenvalue weighted by Crippen LogP contribution is 2.31. The second kappa shape index (κ2) is 7.05. The molecule has 6 heteroatoms. The lowest BCUT2D eigenvalue weighted by Crippen LogP contribution is -2.38. The fraction of sp³-hybridized carbons (Fsp3) is 0.846. The number of ether oxygens (including phenoxy) is 2. The second-order valence-electron chi connectivity index (χ2n) is 5.19. The molecule has 2 atom stereocenters. The molecule has 0 aromatic carbocycles. The third-order valence-electron chi connectivity index (χ3n) is 3.51. The monoisotopic (exact) mass is 285 g/mol. The number of unbranched alkanes of at least 4 members (excludes halogenated alkanes) is 1. The van der Waals surface area contributed by atoms with Gasteiger partial charge in [-0.2, -0.15) is 0 Å². The maximum Gasteiger partial charge on any atom is 0.291 e. The highest BCUT2D eigenvalue weighted by Gasteiger charge is 2.32. The Kier molecular flexibility index (Phi) is 5.39. The molecule has 1 aromatic heterocycles. The average Bonchev–Trinajstić information content (AvgIpc) is 3.00. The van der Waals surface area contributed by atoms with Crippen LogP contribution in [0.5, 0.6) is 11.8 Å². The molecule has 1 fully saturated rings. The average molecular weight is 285 g/mol. The van der Waals surface area contributed by atoms with Gasteiger partial charge in [-0.05, 0) is 39.8 Å². The van der Waals surface area contributed by atoms with Crippen molar-refractivity contribution in [1.29, 1.82) is 0 Å². The van der Waals surface area contributed by atoms with E-state index in [1.807, 2.05) is 0 Å². The lowest BCUT2D eigenvalue weighted by atomic mass is 10.2. The Hall–Kier alpha value is -0.880. The fourth-order valence-electron chi connectivity index (χ4n) is 2.42. The zero-order chi connectivity index (χ0) is 13.7. The Bertz CT molecular complexity index is 384. The molecule has 0 amide bonds. The van der Waals surface area contributed by atoms with Crippen LogP contribution in [0.4, 0.5) is 0 Å². The van der Waals surface area contributed by atoms with Crippen LogP contribution in [0, 0.1) is 0 Å². The third kappa shape index (κ3) is 3.79. The first-order chi connectivity index (χ1) is 9.22. The van der Waals surface area contributed by atoms with Crippen LogP contribution in [-0.4, -0.2) is 46.5 Å². The van der Waals surface area contributed by atoms with Crippen molar-refractivity contribution in [3.8, 4) is 11.8 Å². The Morgan fingerprint density at radius 2 is 2.05 bits per heavy atom. The zero-order valence-corrected chi connectivity index (χ0v) is 12.8. The minimum atomic E-state index is 0.201. The summed E-state index contributed by atoms with van der Waals surface area (Å²) < 4.78 is 20.0. The van der Waals surface area contributed by atoms with Crippen molar-refractivity contribution in [2.24, 2.45) is 0 Å². The molecule has 2 rings (SSSR count). The minimum Gasteiger partial charge on any atom is -0.473 e. The summed E-state index contributed by atoms with van der Waals surface area (Å²) in [5.74, 6) is 1.13. The molecule has 108 valence electrons. The first kappa shape index (κ1) is 14.5. The number of likely N-dealkylation sites (N-methyl/N-ethyl adjacent to an activating group) is 1. The van der Waals surface area contributed by atoms with Crippen LogP contribution in [-0.2, 0) is 0 Å². The van der Waals surface area contributed by atoms with Gasteiger partial charge in [0.25, 0.3) is 11.8 Å². The Morgan fingerprint density at radius 1 is 1.26 bits per heavy atom. The summed E-state index contributed by atoms with van der Waals surface area (Å²) in [6.45, 7) is 2.82. The SMILES string of the molecule is CCCCOc1nsnc1O[C@@H]1CCC[C@H]1N(C)C. The molecule has 0 spiro atoms. The van der Waals surface area contributed by atoms with Crippen LogP contribution in [0.15, 0.2) is 0 Å². The molecular formula is C13H23N3O2S. The van der Waals surface area contributed by atoms with Crippen molar-refractivity contribution >= 4 is 11.7 Å². The van der Waals surface area contributed by atoms with Crippen LogP contribution in [0.1, 0.15) is 39.0 Å². The van der Waals surface area contributed by atoms with Crippen LogP contribution in [0.3, 0.4) is 0 Å². The molecule has 0 unspecified atom stereocenters. The van der Waals surface area contributed by atoms with E-state index in [9.17, 15) is 0 Å².